The summed E-state index contributed by atoms with van der Waals surface area (Å²) in [4.78, 5) is 71.1. The van der Waals surface area contributed by atoms with Crippen LogP contribution in [-0.2, 0) is 28.8 Å². The van der Waals surface area contributed by atoms with E-state index in [4.69, 9.17) is 15.3 Å². The molecule has 3 aliphatic rings. The van der Waals surface area contributed by atoms with Crippen molar-refractivity contribution in [2.24, 2.45) is 0 Å². The van der Waals surface area contributed by atoms with Crippen LogP contribution in [0.15, 0.2) is 0 Å². The number of carbonyl (C=O) groups excluding carboxylic acids is 3. The summed E-state index contributed by atoms with van der Waals surface area (Å²) in [6.45, 7) is 11.0. The summed E-state index contributed by atoms with van der Waals surface area (Å²) in [5, 5.41) is 26.6. The second-order valence-corrected chi connectivity index (χ2v) is 10.3. The number of hydrogen-bond acceptors (Lipinski definition) is 6. The lowest BCUT2D eigenvalue weighted by molar-refractivity contribution is -0.149. The third-order valence-corrected chi connectivity index (χ3v) is 7.63. The number of hydrogen-bond donors (Lipinski definition) is 3. The molecule has 6 atom stereocenters. The molecule has 12 nitrogen and oxygen atoms in total. The molecule has 0 bridgehead atoms. The SMILES string of the molecule is CCC(=O)N1C(C)CC[C@H]1C(=O)O.CCC(=O)N1[C@@H](C)CC[C@H]1C(=O)O.CCC(=O)N1[C@H](C)CC[C@H]1C(=O)O. The molecular formula is C27H45N3O9. The van der Waals surface area contributed by atoms with E-state index < -0.39 is 36.0 Å². The van der Waals surface area contributed by atoms with Crippen LogP contribution in [0.5, 0.6) is 0 Å². The van der Waals surface area contributed by atoms with Crippen molar-refractivity contribution in [2.75, 3.05) is 0 Å². The van der Waals surface area contributed by atoms with Crippen molar-refractivity contribution < 1.29 is 44.1 Å². The van der Waals surface area contributed by atoms with Crippen LogP contribution in [0, 0.1) is 0 Å². The summed E-state index contributed by atoms with van der Waals surface area (Å²) >= 11 is 0. The van der Waals surface area contributed by atoms with Crippen molar-refractivity contribution in [1.29, 1.82) is 0 Å². The molecule has 39 heavy (non-hydrogen) atoms. The summed E-state index contributed by atoms with van der Waals surface area (Å²) in [5.41, 5.74) is 0. The molecule has 1 unspecified atom stereocenters. The van der Waals surface area contributed by atoms with Gasteiger partial charge in [-0.2, -0.15) is 0 Å². The number of carboxylic acid groups (broad SMARTS) is 3. The molecule has 3 saturated heterocycles. The average Bonchev–Trinajstić information content (AvgIpc) is 3.59. The van der Waals surface area contributed by atoms with Gasteiger partial charge in [0.2, 0.25) is 17.7 Å². The van der Waals surface area contributed by atoms with Crippen molar-refractivity contribution in [3.8, 4) is 0 Å². The van der Waals surface area contributed by atoms with Crippen molar-refractivity contribution in [3.63, 3.8) is 0 Å². The highest BCUT2D eigenvalue weighted by Crippen LogP contribution is 2.26. The quantitative estimate of drug-likeness (QED) is 0.445. The molecule has 0 radical (unpaired) electrons. The maximum Gasteiger partial charge on any atom is 0.326 e. The van der Waals surface area contributed by atoms with Gasteiger partial charge >= 0.3 is 17.9 Å². The largest absolute Gasteiger partial charge is 0.480 e. The minimum absolute atomic E-state index is 0.0580. The molecule has 0 aliphatic carbocycles. The van der Waals surface area contributed by atoms with E-state index in [9.17, 15) is 28.8 Å². The number of rotatable bonds is 6. The lowest BCUT2D eigenvalue weighted by atomic mass is 10.2. The number of carboxylic acids is 3. The number of aliphatic carboxylic acids is 3. The van der Waals surface area contributed by atoms with Crippen LogP contribution in [0.25, 0.3) is 0 Å². The molecule has 0 aromatic heterocycles. The van der Waals surface area contributed by atoms with Gasteiger partial charge < -0.3 is 30.0 Å². The summed E-state index contributed by atoms with van der Waals surface area (Å²) in [6.07, 6.45) is 5.29. The Balaban J connectivity index is 0.000000292. The minimum Gasteiger partial charge on any atom is -0.480 e. The van der Waals surface area contributed by atoms with Gasteiger partial charge in [0.05, 0.1) is 0 Å². The number of amides is 3. The Kier molecular flexibility index (Phi) is 13.4. The van der Waals surface area contributed by atoms with Crippen LogP contribution in [0.4, 0.5) is 0 Å². The fourth-order valence-corrected chi connectivity index (χ4v) is 5.49. The van der Waals surface area contributed by atoms with E-state index in [0.29, 0.717) is 38.5 Å². The van der Waals surface area contributed by atoms with E-state index in [-0.39, 0.29) is 35.8 Å². The summed E-state index contributed by atoms with van der Waals surface area (Å²) in [6, 6.07) is -1.55. The zero-order valence-corrected chi connectivity index (χ0v) is 24.0. The predicted octanol–water partition coefficient (Wildman–Crippen LogP) is 2.58. The topological polar surface area (TPSA) is 173 Å². The lowest BCUT2D eigenvalue weighted by Crippen LogP contribution is -2.43. The van der Waals surface area contributed by atoms with Crippen LogP contribution >= 0.6 is 0 Å². The summed E-state index contributed by atoms with van der Waals surface area (Å²) in [7, 11) is 0. The van der Waals surface area contributed by atoms with Gasteiger partial charge in [0.1, 0.15) is 18.1 Å². The number of carbonyl (C=O) groups is 6. The molecule has 0 aromatic rings. The van der Waals surface area contributed by atoms with Gasteiger partial charge in [0.25, 0.3) is 0 Å². The van der Waals surface area contributed by atoms with Gasteiger partial charge in [-0.25, -0.2) is 14.4 Å². The van der Waals surface area contributed by atoms with Crippen LogP contribution in [0.3, 0.4) is 0 Å². The lowest BCUT2D eigenvalue weighted by Gasteiger charge is -2.25. The van der Waals surface area contributed by atoms with E-state index in [0.717, 1.165) is 19.3 Å². The first-order valence-electron chi connectivity index (χ1n) is 13.8. The molecular weight excluding hydrogens is 510 g/mol. The van der Waals surface area contributed by atoms with Crippen LogP contribution in [0.2, 0.25) is 0 Å². The average molecular weight is 556 g/mol. The molecule has 3 aliphatic heterocycles. The van der Waals surface area contributed by atoms with Gasteiger partial charge in [0.15, 0.2) is 0 Å². The maximum absolute atomic E-state index is 11.4. The molecule has 3 amide bonds. The Morgan fingerprint density at radius 3 is 0.846 bits per heavy atom. The fourth-order valence-electron chi connectivity index (χ4n) is 5.49. The Labute approximate surface area is 230 Å². The Morgan fingerprint density at radius 2 is 0.692 bits per heavy atom. The minimum atomic E-state index is -0.883. The summed E-state index contributed by atoms with van der Waals surface area (Å²) in [5.74, 6) is -2.82. The van der Waals surface area contributed by atoms with Crippen molar-refractivity contribution in [1.82, 2.24) is 14.7 Å². The standard InChI is InChI=1S/3C9H15NO3/c3*1-3-8(11)10-6(2)4-5-7(10)9(12)13/h3*6-7H,3-5H2,1-2H3,(H,12,13)/t6?,7-;6-,7+;6-,7-/m010/s1. The van der Waals surface area contributed by atoms with Gasteiger partial charge in [-0.15, -0.1) is 0 Å². The van der Waals surface area contributed by atoms with Crippen LogP contribution in [0.1, 0.15) is 99.3 Å². The van der Waals surface area contributed by atoms with E-state index in [1.54, 1.807) is 20.8 Å². The number of likely N-dealkylation sites (tertiary alicyclic amines) is 3. The predicted molar refractivity (Wildman–Crippen MR) is 142 cm³/mol. The highest BCUT2D eigenvalue weighted by Gasteiger charge is 2.39. The van der Waals surface area contributed by atoms with Gasteiger partial charge in [-0.1, -0.05) is 20.8 Å². The van der Waals surface area contributed by atoms with Crippen LogP contribution in [-0.4, -0.2) is 102 Å². The van der Waals surface area contributed by atoms with E-state index in [1.165, 1.54) is 14.7 Å². The van der Waals surface area contributed by atoms with Crippen LogP contribution < -0.4 is 0 Å². The third-order valence-electron chi connectivity index (χ3n) is 7.63. The second kappa shape index (κ2) is 15.4. The first-order chi connectivity index (χ1) is 18.2. The molecule has 0 saturated carbocycles. The highest BCUT2D eigenvalue weighted by atomic mass is 16.4. The van der Waals surface area contributed by atoms with Gasteiger partial charge in [0, 0.05) is 37.4 Å². The van der Waals surface area contributed by atoms with Crippen molar-refractivity contribution >= 4 is 35.6 Å². The first kappa shape index (κ1) is 33.8. The van der Waals surface area contributed by atoms with Gasteiger partial charge in [-0.3, -0.25) is 14.4 Å². The molecule has 3 rings (SSSR count). The molecule has 12 heteroatoms. The number of nitrogens with zero attached hydrogens (tertiary/aromatic N) is 3. The van der Waals surface area contributed by atoms with Crippen molar-refractivity contribution in [3.05, 3.63) is 0 Å². The third kappa shape index (κ3) is 8.66. The fraction of sp³-hybridized carbons (Fsp3) is 0.778. The molecule has 3 N–H and O–H groups in total. The first-order valence-corrected chi connectivity index (χ1v) is 13.8. The summed E-state index contributed by atoms with van der Waals surface area (Å²) < 4.78 is 0. The molecule has 0 aromatic carbocycles. The Bertz CT molecular complexity index is 795. The monoisotopic (exact) mass is 555 g/mol. The highest BCUT2D eigenvalue weighted by molar-refractivity contribution is 5.85. The zero-order valence-electron chi connectivity index (χ0n) is 24.0. The Morgan fingerprint density at radius 1 is 0.487 bits per heavy atom. The van der Waals surface area contributed by atoms with E-state index >= 15 is 0 Å². The van der Waals surface area contributed by atoms with E-state index in [1.807, 2.05) is 20.8 Å². The molecule has 3 heterocycles. The molecule has 3 fully saturated rings. The van der Waals surface area contributed by atoms with Crippen molar-refractivity contribution in [2.45, 2.75) is 136 Å². The molecule has 0 spiro atoms. The van der Waals surface area contributed by atoms with Gasteiger partial charge in [-0.05, 0) is 59.3 Å². The van der Waals surface area contributed by atoms with E-state index in [2.05, 4.69) is 0 Å². The normalized spacial score (nSPS) is 27.7. The second-order valence-electron chi connectivity index (χ2n) is 10.3. The molecule has 222 valence electrons. The maximum atomic E-state index is 11.4. The zero-order chi connectivity index (χ0) is 30.0. The smallest absolute Gasteiger partial charge is 0.326 e. The Hall–Kier alpha value is -3.18.